The Hall–Kier alpha value is -3.03. The number of nitrogens with one attached hydrogen (secondary N) is 1. The Morgan fingerprint density at radius 2 is 2.17 bits per heavy atom. The number of hydrazone groups is 1. The highest BCUT2D eigenvalue weighted by molar-refractivity contribution is 6.06. The molecule has 3 aromatic heterocycles. The Kier molecular flexibility index (Phi) is 4.11. The van der Waals surface area contributed by atoms with E-state index in [1.54, 1.807) is 21.6 Å². The minimum atomic E-state index is -0.276. The molecule has 0 spiro atoms. The minimum absolute atomic E-state index is 0.276. The van der Waals surface area contributed by atoms with Gasteiger partial charge in [0.25, 0.3) is 5.91 Å². The first kappa shape index (κ1) is 15.9. The average Bonchev–Trinajstić information content (AvgIpc) is 3.13. The third kappa shape index (κ3) is 3.03. The molecule has 1 amide bonds. The van der Waals surface area contributed by atoms with E-state index < -0.39 is 0 Å². The lowest BCUT2D eigenvalue weighted by Gasteiger charge is -2.06. The molecule has 8 nitrogen and oxygen atoms in total. The number of pyridine rings is 1. The summed E-state index contributed by atoms with van der Waals surface area (Å²) >= 11 is 0. The van der Waals surface area contributed by atoms with Gasteiger partial charge in [-0.15, -0.1) is 0 Å². The number of aromatic nitrogens is 5. The number of carbonyl (C=O) groups excluding carboxylic acids is 1. The summed E-state index contributed by atoms with van der Waals surface area (Å²) in [5.41, 5.74) is 6.10. The summed E-state index contributed by atoms with van der Waals surface area (Å²) in [6, 6.07) is 3.60. The van der Waals surface area contributed by atoms with E-state index in [0.29, 0.717) is 17.8 Å². The normalized spacial score (nSPS) is 11.9. The average molecular weight is 325 g/mol. The van der Waals surface area contributed by atoms with Gasteiger partial charge in [-0.25, -0.2) is 10.4 Å². The van der Waals surface area contributed by atoms with Gasteiger partial charge in [0.1, 0.15) is 0 Å². The summed E-state index contributed by atoms with van der Waals surface area (Å²) in [6.07, 6.45) is 3.54. The van der Waals surface area contributed by atoms with Crippen molar-refractivity contribution >= 4 is 22.7 Å². The Balaban J connectivity index is 1.86. The molecule has 8 heteroatoms. The van der Waals surface area contributed by atoms with Crippen LogP contribution in [0.5, 0.6) is 0 Å². The first-order valence-corrected chi connectivity index (χ1v) is 7.57. The van der Waals surface area contributed by atoms with Crippen molar-refractivity contribution < 1.29 is 4.79 Å². The molecule has 124 valence electrons. The molecule has 3 aromatic rings. The van der Waals surface area contributed by atoms with Gasteiger partial charge in [0.15, 0.2) is 5.65 Å². The second-order valence-corrected chi connectivity index (χ2v) is 5.71. The van der Waals surface area contributed by atoms with E-state index in [1.807, 2.05) is 40.1 Å². The number of hydrogen-bond acceptors (Lipinski definition) is 5. The van der Waals surface area contributed by atoms with E-state index in [9.17, 15) is 4.79 Å². The Morgan fingerprint density at radius 1 is 1.38 bits per heavy atom. The largest absolute Gasteiger partial charge is 0.272 e. The van der Waals surface area contributed by atoms with Crippen molar-refractivity contribution in [1.82, 2.24) is 30.0 Å². The van der Waals surface area contributed by atoms with Gasteiger partial charge in [-0.2, -0.15) is 15.3 Å². The maximum atomic E-state index is 12.6. The number of carbonyl (C=O) groups is 1. The van der Waals surface area contributed by atoms with E-state index in [1.165, 1.54) is 0 Å². The molecule has 0 saturated carbocycles. The lowest BCUT2D eigenvalue weighted by Crippen LogP contribution is -2.21. The maximum Gasteiger partial charge on any atom is 0.272 e. The van der Waals surface area contributed by atoms with Crippen molar-refractivity contribution in [3.05, 3.63) is 41.5 Å². The Morgan fingerprint density at radius 3 is 2.88 bits per heavy atom. The SMILES string of the molecule is C/C(Cn1cccn1)=N/NC(=O)c1cc(C)nc2c1c(C)nn2C. The monoisotopic (exact) mass is 325 g/mol. The summed E-state index contributed by atoms with van der Waals surface area (Å²) in [7, 11) is 1.82. The summed E-state index contributed by atoms with van der Waals surface area (Å²) in [5.74, 6) is -0.276. The molecular weight excluding hydrogens is 306 g/mol. The fourth-order valence-electron chi connectivity index (χ4n) is 2.62. The molecule has 24 heavy (non-hydrogen) atoms. The second-order valence-electron chi connectivity index (χ2n) is 5.71. The van der Waals surface area contributed by atoms with Gasteiger partial charge < -0.3 is 0 Å². The zero-order valence-electron chi connectivity index (χ0n) is 14.1. The van der Waals surface area contributed by atoms with Gasteiger partial charge in [-0.1, -0.05) is 0 Å². The van der Waals surface area contributed by atoms with Crippen LogP contribution in [0.3, 0.4) is 0 Å². The molecule has 0 unspecified atom stereocenters. The highest BCUT2D eigenvalue weighted by atomic mass is 16.2. The molecule has 0 aliphatic rings. The summed E-state index contributed by atoms with van der Waals surface area (Å²) in [4.78, 5) is 17.0. The van der Waals surface area contributed by atoms with Crippen molar-refractivity contribution in [2.45, 2.75) is 27.3 Å². The lowest BCUT2D eigenvalue weighted by atomic mass is 10.1. The molecule has 0 aliphatic carbocycles. The smallest absolute Gasteiger partial charge is 0.267 e. The third-order valence-corrected chi connectivity index (χ3v) is 3.64. The number of rotatable bonds is 4. The molecule has 1 N–H and O–H groups in total. The van der Waals surface area contributed by atoms with E-state index >= 15 is 0 Å². The predicted octanol–water partition coefficient (Wildman–Crippen LogP) is 1.59. The van der Waals surface area contributed by atoms with Gasteiger partial charge in [0.05, 0.1) is 28.9 Å². The highest BCUT2D eigenvalue weighted by Gasteiger charge is 2.17. The Labute approximate surface area is 139 Å². The van der Waals surface area contributed by atoms with Gasteiger partial charge in [0.2, 0.25) is 0 Å². The fourth-order valence-corrected chi connectivity index (χ4v) is 2.62. The maximum absolute atomic E-state index is 12.6. The molecule has 0 fully saturated rings. The van der Waals surface area contributed by atoms with Crippen LogP contribution in [0.25, 0.3) is 11.0 Å². The number of nitrogens with zero attached hydrogens (tertiary/aromatic N) is 6. The zero-order valence-corrected chi connectivity index (χ0v) is 14.1. The quantitative estimate of drug-likeness (QED) is 0.582. The van der Waals surface area contributed by atoms with Crippen molar-refractivity contribution in [2.75, 3.05) is 0 Å². The van der Waals surface area contributed by atoms with Crippen LogP contribution in [0.15, 0.2) is 29.6 Å². The number of amides is 1. The lowest BCUT2D eigenvalue weighted by molar-refractivity contribution is 0.0956. The zero-order chi connectivity index (χ0) is 17.3. The summed E-state index contributed by atoms with van der Waals surface area (Å²) in [6.45, 7) is 6.07. The molecule has 0 radical (unpaired) electrons. The highest BCUT2D eigenvalue weighted by Crippen LogP contribution is 2.21. The van der Waals surface area contributed by atoms with Crippen LogP contribution < -0.4 is 5.43 Å². The van der Waals surface area contributed by atoms with Crippen molar-refractivity contribution in [3.63, 3.8) is 0 Å². The van der Waals surface area contributed by atoms with Gasteiger partial charge in [-0.3, -0.25) is 14.2 Å². The summed E-state index contributed by atoms with van der Waals surface area (Å²) in [5, 5.41) is 13.4. The molecule has 3 rings (SSSR count). The van der Waals surface area contributed by atoms with Crippen LogP contribution in [0.4, 0.5) is 0 Å². The second kappa shape index (κ2) is 6.23. The van der Waals surface area contributed by atoms with Crippen molar-refractivity contribution in [1.29, 1.82) is 0 Å². The number of fused-ring (bicyclic) bond motifs is 1. The van der Waals surface area contributed by atoms with Crippen molar-refractivity contribution in [3.8, 4) is 0 Å². The van der Waals surface area contributed by atoms with Crippen LogP contribution in [-0.2, 0) is 13.6 Å². The van der Waals surface area contributed by atoms with E-state index in [4.69, 9.17) is 0 Å². The molecule has 0 aliphatic heterocycles. The first-order chi connectivity index (χ1) is 11.5. The topological polar surface area (TPSA) is 90.0 Å². The molecule has 0 aromatic carbocycles. The van der Waals surface area contributed by atoms with Crippen molar-refractivity contribution in [2.24, 2.45) is 12.1 Å². The molecule has 0 atom stereocenters. The van der Waals surface area contributed by atoms with Gasteiger partial charge >= 0.3 is 0 Å². The molecule has 3 heterocycles. The standard InChI is InChI=1S/C16H19N7O/c1-10-8-13(14-12(3)21-22(4)15(14)18-10)16(24)20-19-11(2)9-23-7-5-6-17-23/h5-8H,9H2,1-4H3,(H,20,24)/b19-11-. The van der Waals surface area contributed by atoms with Gasteiger partial charge in [-0.05, 0) is 32.9 Å². The molecule has 0 saturated heterocycles. The van der Waals surface area contributed by atoms with Gasteiger partial charge in [0, 0.05) is 25.1 Å². The number of aryl methyl sites for hydroxylation is 3. The van der Waals surface area contributed by atoms with Crippen LogP contribution in [0.2, 0.25) is 0 Å². The van der Waals surface area contributed by atoms with Crippen LogP contribution in [-0.4, -0.2) is 36.2 Å². The minimum Gasteiger partial charge on any atom is -0.267 e. The fraction of sp³-hybridized carbons (Fsp3) is 0.312. The summed E-state index contributed by atoms with van der Waals surface area (Å²) < 4.78 is 3.42. The third-order valence-electron chi connectivity index (χ3n) is 3.64. The Bertz CT molecular complexity index is 922. The van der Waals surface area contributed by atoms with E-state index in [2.05, 4.69) is 25.7 Å². The molecule has 0 bridgehead atoms. The van der Waals surface area contributed by atoms with Crippen LogP contribution in [0.1, 0.15) is 28.7 Å². The van der Waals surface area contributed by atoms with E-state index in [0.717, 1.165) is 22.5 Å². The van der Waals surface area contributed by atoms with E-state index in [-0.39, 0.29) is 5.91 Å². The van der Waals surface area contributed by atoms with Crippen LogP contribution in [0, 0.1) is 13.8 Å². The number of hydrogen-bond donors (Lipinski definition) is 1. The van der Waals surface area contributed by atoms with Crippen LogP contribution >= 0.6 is 0 Å². The molecular formula is C16H19N7O. The predicted molar refractivity (Wildman–Crippen MR) is 90.8 cm³/mol. The first-order valence-electron chi connectivity index (χ1n) is 7.57.